The lowest BCUT2D eigenvalue weighted by atomic mass is 10.1. The van der Waals surface area contributed by atoms with E-state index in [0.29, 0.717) is 13.1 Å². The number of urea groups is 1. The molecule has 0 saturated heterocycles. The molecule has 27 heavy (non-hydrogen) atoms. The molecule has 0 atom stereocenters. The fourth-order valence-electron chi connectivity index (χ4n) is 2.94. The van der Waals surface area contributed by atoms with Gasteiger partial charge in [0.25, 0.3) is 0 Å². The van der Waals surface area contributed by atoms with Crippen molar-refractivity contribution in [3.8, 4) is 0 Å². The molecule has 0 bridgehead atoms. The summed E-state index contributed by atoms with van der Waals surface area (Å²) in [7, 11) is 2.02. The number of likely N-dealkylation sites (N-methyl/N-ethyl adjacent to an activating group) is 1. The molecule has 5 heteroatoms. The predicted molar refractivity (Wildman–Crippen MR) is 113 cm³/mol. The number of carbonyl (C=O) groups is 1. The van der Waals surface area contributed by atoms with Gasteiger partial charge in [-0.3, -0.25) is 4.90 Å². The Morgan fingerprint density at radius 2 is 1.63 bits per heavy atom. The standard InChI is InChI=1S/C22H32N4O/c1-4-26(5-2)18-20-11-9-10-19(16-20)17-24-22(27)23-14-15-25(3)21-12-7-6-8-13-21/h6-13,16H,4-5,14-15,17-18H2,1-3H3,(H2,23,24,27). The molecule has 0 aliphatic heterocycles. The average molecular weight is 369 g/mol. The molecule has 0 fully saturated rings. The van der Waals surface area contributed by atoms with E-state index in [1.165, 1.54) is 5.56 Å². The molecule has 0 spiro atoms. The summed E-state index contributed by atoms with van der Waals surface area (Å²) >= 11 is 0. The molecule has 0 heterocycles. The zero-order valence-electron chi connectivity index (χ0n) is 16.7. The molecule has 0 aliphatic carbocycles. The van der Waals surface area contributed by atoms with Gasteiger partial charge in [-0.15, -0.1) is 0 Å². The third-order valence-corrected chi connectivity index (χ3v) is 4.67. The highest BCUT2D eigenvalue weighted by atomic mass is 16.2. The van der Waals surface area contributed by atoms with Gasteiger partial charge in [0.2, 0.25) is 0 Å². The van der Waals surface area contributed by atoms with Gasteiger partial charge in [0.15, 0.2) is 0 Å². The lowest BCUT2D eigenvalue weighted by Crippen LogP contribution is -2.39. The summed E-state index contributed by atoms with van der Waals surface area (Å²) in [6.07, 6.45) is 0. The maximum Gasteiger partial charge on any atom is 0.315 e. The Kier molecular flexibility index (Phi) is 8.65. The lowest BCUT2D eigenvalue weighted by molar-refractivity contribution is 0.240. The van der Waals surface area contributed by atoms with Crippen LogP contribution in [0.25, 0.3) is 0 Å². The van der Waals surface area contributed by atoms with Crippen LogP contribution >= 0.6 is 0 Å². The Balaban J connectivity index is 1.72. The van der Waals surface area contributed by atoms with E-state index in [4.69, 9.17) is 0 Å². The smallest absolute Gasteiger partial charge is 0.315 e. The second-order valence-electron chi connectivity index (χ2n) is 6.65. The topological polar surface area (TPSA) is 47.6 Å². The highest BCUT2D eigenvalue weighted by molar-refractivity contribution is 5.73. The number of nitrogens with one attached hydrogen (secondary N) is 2. The van der Waals surface area contributed by atoms with Gasteiger partial charge in [-0.05, 0) is 36.3 Å². The minimum atomic E-state index is -0.134. The molecular weight excluding hydrogens is 336 g/mol. The van der Waals surface area contributed by atoms with E-state index in [0.717, 1.165) is 37.4 Å². The summed E-state index contributed by atoms with van der Waals surface area (Å²) in [4.78, 5) is 16.5. The van der Waals surface area contributed by atoms with E-state index in [-0.39, 0.29) is 6.03 Å². The number of benzene rings is 2. The van der Waals surface area contributed by atoms with Crippen LogP contribution in [0.15, 0.2) is 54.6 Å². The van der Waals surface area contributed by atoms with Gasteiger partial charge < -0.3 is 15.5 Å². The number of nitrogens with zero attached hydrogens (tertiary/aromatic N) is 2. The zero-order valence-corrected chi connectivity index (χ0v) is 16.7. The number of hydrogen-bond acceptors (Lipinski definition) is 3. The molecule has 5 nitrogen and oxygen atoms in total. The molecule has 2 N–H and O–H groups in total. The molecule has 146 valence electrons. The van der Waals surface area contributed by atoms with Crippen LogP contribution in [0.1, 0.15) is 25.0 Å². The molecule has 2 aromatic rings. The van der Waals surface area contributed by atoms with Crippen molar-refractivity contribution in [2.24, 2.45) is 0 Å². The van der Waals surface area contributed by atoms with Crippen LogP contribution in [-0.4, -0.2) is 44.2 Å². The van der Waals surface area contributed by atoms with Gasteiger partial charge in [0.1, 0.15) is 0 Å². The maximum atomic E-state index is 12.0. The van der Waals surface area contributed by atoms with E-state index in [1.807, 2.05) is 25.2 Å². The van der Waals surface area contributed by atoms with Crippen molar-refractivity contribution in [2.45, 2.75) is 26.9 Å². The fraction of sp³-hybridized carbons (Fsp3) is 0.409. The maximum absolute atomic E-state index is 12.0. The quantitative estimate of drug-likeness (QED) is 0.675. The van der Waals surface area contributed by atoms with Crippen LogP contribution in [0, 0.1) is 0 Å². The minimum absolute atomic E-state index is 0.134. The number of para-hydroxylation sites is 1. The van der Waals surface area contributed by atoms with E-state index >= 15 is 0 Å². The van der Waals surface area contributed by atoms with Crippen LogP contribution in [-0.2, 0) is 13.1 Å². The SMILES string of the molecule is CCN(CC)Cc1cccc(CNC(=O)NCCN(C)c2ccccc2)c1. The first-order valence-corrected chi connectivity index (χ1v) is 9.70. The predicted octanol–water partition coefficient (Wildman–Crippen LogP) is 3.46. The normalized spacial score (nSPS) is 10.7. The zero-order chi connectivity index (χ0) is 19.5. The lowest BCUT2D eigenvalue weighted by Gasteiger charge is -2.19. The first kappa shape index (κ1) is 20.8. The summed E-state index contributed by atoms with van der Waals surface area (Å²) in [5, 5.41) is 5.86. The summed E-state index contributed by atoms with van der Waals surface area (Å²) in [5.41, 5.74) is 3.55. The average Bonchev–Trinajstić information content (AvgIpc) is 2.71. The summed E-state index contributed by atoms with van der Waals surface area (Å²) in [6.45, 7) is 9.27. The molecule has 0 saturated carbocycles. The minimum Gasteiger partial charge on any atom is -0.373 e. The Morgan fingerprint density at radius 1 is 0.926 bits per heavy atom. The van der Waals surface area contributed by atoms with Crippen molar-refractivity contribution in [2.75, 3.05) is 38.1 Å². The molecule has 0 aromatic heterocycles. The van der Waals surface area contributed by atoms with Gasteiger partial charge in [-0.1, -0.05) is 56.3 Å². The van der Waals surface area contributed by atoms with Crippen LogP contribution in [0.2, 0.25) is 0 Å². The van der Waals surface area contributed by atoms with Crippen molar-refractivity contribution in [3.63, 3.8) is 0 Å². The third kappa shape index (κ3) is 7.31. The molecule has 0 radical (unpaired) electrons. The van der Waals surface area contributed by atoms with Crippen molar-refractivity contribution in [1.82, 2.24) is 15.5 Å². The number of amides is 2. The Labute approximate surface area is 163 Å². The second kappa shape index (κ2) is 11.2. The molecule has 2 amide bonds. The van der Waals surface area contributed by atoms with E-state index in [2.05, 4.69) is 70.7 Å². The van der Waals surface area contributed by atoms with Crippen molar-refractivity contribution >= 4 is 11.7 Å². The van der Waals surface area contributed by atoms with Crippen molar-refractivity contribution in [3.05, 3.63) is 65.7 Å². The van der Waals surface area contributed by atoms with E-state index in [1.54, 1.807) is 0 Å². The van der Waals surface area contributed by atoms with Gasteiger partial charge in [0, 0.05) is 38.9 Å². The molecule has 2 aromatic carbocycles. The molecule has 0 aliphatic rings. The molecular formula is C22H32N4O. The van der Waals surface area contributed by atoms with Crippen molar-refractivity contribution in [1.29, 1.82) is 0 Å². The van der Waals surface area contributed by atoms with Crippen LogP contribution in [0.4, 0.5) is 10.5 Å². The van der Waals surface area contributed by atoms with Gasteiger partial charge in [0.05, 0.1) is 0 Å². The monoisotopic (exact) mass is 368 g/mol. The van der Waals surface area contributed by atoms with E-state index < -0.39 is 0 Å². The summed E-state index contributed by atoms with van der Waals surface area (Å²) < 4.78 is 0. The fourth-order valence-corrected chi connectivity index (χ4v) is 2.94. The molecule has 0 unspecified atom stereocenters. The second-order valence-corrected chi connectivity index (χ2v) is 6.65. The van der Waals surface area contributed by atoms with Crippen molar-refractivity contribution < 1.29 is 4.79 Å². The Morgan fingerprint density at radius 3 is 2.33 bits per heavy atom. The first-order chi connectivity index (χ1) is 13.1. The van der Waals surface area contributed by atoms with Crippen LogP contribution in [0.5, 0.6) is 0 Å². The third-order valence-electron chi connectivity index (χ3n) is 4.67. The highest BCUT2D eigenvalue weighted by Gasteiger charge is 2.05. The summed E-state index contributed by atoms with van der Waals surface area (Å²) in [6, 6.07) is 18.4. The van der Waals surface area contributed by atoms with Gasteiger partial charge >= 0.3 is 6.03 Å². The Bertz CT molecular complexity index is 686. The van der Waals surface area contributed by atoms with Gasteiger partial charge in [-0.25, -0.2) is 4.79 Å². The summed E-state index contributed by atoms with van der Waals surface area (Å²) in [5.74, 6) is 0. The van der Waals surface area contributed by atoms with Crippen LogP contribution in [0.3, 0.4) is 0 Å². The number of anilines is 1. The van der Waals surface area contributed by atoms with Gasteiger partial charge in [-0.2, -0.15) is 0 Å². The first-order valence-electron chi connectivity index (χ1n) is 9.70. The largest absolute Gasteiger partial charge is 0.373 e. The number of rotatable bonds is 10. The van der Waals surface area contributed by atoms with E-state index in [9.17, 15) is 4.79 Å². The molecule has 2 rings (SSSR count). The highest BCUT2D eigenvalue weighted by Crippen LogP contribution is 2.10. The Hall–Kier alpha value is -2.53. The number of carbonyl (C=O) groups excluding carboxylic acids is 1. The number of hydrogen-bond donors (Lipinski definition) is 2. The van der Waals surface area contributed by atoms with Crippen LogP contribution < -0.4 is 15.5 Å².